The summed E-state index contributed by atoms with van der Waals surface area (Å²) in [5.74, 6) is 0.759. The quantitative estimate of drug-likeness (QED) is 0.802. The summed E-state index contributed by atoms with van der Waals surface area (Å²) in [4.78, 5) is 14.2. The molecule has 0 aromatic heterocycles. The number of nitrogens with zero attached hydrogens (tertiary/aromatic N) is 1. The summed E-state index contributed by atoms with van der Waals surface area (Å²) in [6, 6.07) is 9.80. The average molecular weight is 249 g/mol. The fourth-order valence-electron chi connectivity index (χ4n) is 2.07. The van der Waals surface area contributed by atoms with Crippen LogP contribution in [-0.4, -0.2) is 29.0 Å². The first-order valence-corrected chi connectivity index (χ1v) is 6.47. The number of carbonyl (C=O) groups is 1. The molecule has 1 rings (SSSR count). The molecule has 0 spiro atoms. The Morgan fingerprint density at radius 2 is 1.50 bits per heavy atom. The molecule has 0 bridgehead atoms. The maximum absolute atomic E-state index is 12.3. The van der Waals surface area contributed by atoms with Crippen LogP contribution in [-0.2, 0) is 4.79 Å². The Bertz CT molecular complexity index is 365. The zero-order valence-electron chi connectivity index (χ0n) is 11.9. The first-order valence-electron chi connectivity index (χ1n) is 6.47. The molecule has 1 amide bonds. The van der Waals surface area contributed by atoms with Gasteiger partial charge in [-0.15, -0.1) is 0 Å². The molecule has 100 valence electrons. The maximum atomic E-state index is 12.3. The van der Waals surface area contributed by atoms with E-state index in [4.69, 9.17) is 4.74 Å². The first-order chi connectivity index (χ1) is 8.43. The van der Waals surface area contributed by atoms with Gasteiger partial charge in [-0.05, 0) is 46.8 Å². The van der Waals surface area contributed by atoms with Crippen molar-refractivity contribution in [1.82, 2.24) is 4.90 Å². The van der Waals surface area contributed by atoms with Crippen LogP contribution in [0, 0.1) is 0 Å². The molecule has 0 aliphatic rings. The molecular formula is C15H23NO2. The van der Waals surface area contributed by atoms with E-state index in [0.29, 0.717) is 0 Å². The molecule has 0 radical (unpaired) electrons. The van der Waals surface area contributed by atoms with E-state index in [1.54, 1.807) is 6.92 Å². The molecule has 1 atom stereocenters. The van der Waals surface area contributed by atoms with Gasteiger partial charge in [-0.25, -0.2) is 0 Å². The lowest BCUT2D eigenvalue weighted by Crippen LogP contribution is -2.47. The summed E-state index contributed by atoms with van der Waals surface area (Å²) in [5.41, 5.74) is 0. The van der Waals surface area contributed by atoms with E-state index in [1.165, 1.54) is 0 Å². The summed E-state index contributed by atoms with van der Waals surface area (Å²) >= 11 is 0. The van der Waals surface area contributed by atoms with Crippen LogP contribution in [0.15, 0.2) is 30.3 Å². The first kappa shape index (κ1) is 14.6. The number of hydrogen-bond acceptors (Lipinski definition) is 2. The summed E-state index contributed by atoms with van der Waals surface area (Å²) in [5, 5.41) is 0. The van der Waals surface area contributed by atoms with E-state index < -0.39 is 6.10 Å². The minimum Gasteiger partial charge on any atom is -0.481 e. The van der Waals surface area contributed by atoms with Gasteiger partial charge in [-0.1, -0.05) is 18.2 Å². The Kier molecular flexibility index (Phi) is 5.20. The average Bonchev–Trinajstić information content (AvgIpc) is 2.29. The van der Waals surface area contributed by atoms with Crippen LogP contribution in [0.25, 0.3) is 0 Å². The smallest absolute Gasteiger partial charge is 0.263 e. The van der Waals surface area contributed by atoms with E-state index in [2.05, 4.69) is 0 Å². The molecule has 0 aliphatic heterocycles. The molecule has 0 fully saturated rings. The van der Waals surface area contributed by atoms with Gasteiger partial charge in [0.05, 0.1) is 0 Å². The Balaban J connectivity index is 2.71. The number of ether oxygens (including phenoxy) is 1. The monoisotopic (exact) mass is 249 g/mol. The van der Waals surface area contributed by atoms with Gasteiger partial charge in [0.15, 0.2) is 6.10 Å². The molecule has 0 saturated heterocycles. The van der Waals surface area contributed by atoms with Gasteiger partial charge in [-0.3, -0.25) is 4.79 Å². The topological polar surface area (TPSA) is 29.5 Å². The second-order valence-electron chi connectivity index (χ2n) is 5.01. The van der Waals surface area contributed by atoms with Gasteiger partial charge in [0.2, 0.25) is 0 Å². The van der Waals surface area contributed by atoms with Crippen LogP contribution < -0.4 is 4.74 Å². The van der Waals surface area contributed by atoms with Gasteiger partial charge >= 0.3 is 0 Å². The third-order valence-corrected chi connectivity index (χ3v) is 2.77. The van der Waals surface area contributed by atoms with Crippen molar-refractivity contribution < 1.29 is 9.53 Å². The van der Waals surface area contributed by atoms with Gasteiger partial charge < -0.3 is 9.64 Å². The maximum Gasteiger partial charge on any atom is 0.263 e. The van der Waals surface area contributed by atoms with Crippen molar-refractivity contribution in [2.24, 2.45) is 0 Å². The van der Waals surface area contributed by atoms with Crippen LogP contribution in [0.5, 0.6) is 5.75 Å². The lowest BCUT2D eigenvalue weighted by molar-refractivity contribution is -0.141. The number of para-hydroxylation sites is 1. The molecule has 1 unspecified atom stereocenters. The summed E-state index contributed by atoms with van der Waals surface area (Å²) in [6.45, 7) is 9.88. The summed E-state index contributed by atoms with van der Waals surface area (Å²) in [7, 11) is 0. The molecule has 1 aromatic rings. The largest absolute Gasteiger partial charge is 0.481 e. The van der Waals surface area contributed by atoms with Crippen molar-refractivity contribution in [3.05, 3.63) is 30.3 Å². The van der Waals surface area contributed by atoms with Crippen molar-refractivity contribution in [3.8, 4) is 5.75 Å². The Morgan fingerprint density at radius 1 is 1.00 bits per heavy atom. The van der Waals surface area contributed by atoms with Crippen molar-refractivity contribution in [2.75, 3.05) is 0 Å². The van der Waals surface area contributed by atoms with Crippen molar-refractivity contribution in [3.63, 3.8) is 0 Å². The Morgan fingerprint density at radius 3 is 1.94 bits per heavy atom. The normalized spacial score (nSPS) is 12.6. The predicted molar refractivity (Wildman–Crippen MR) is 73.7 cm³/mol. The highest BCUT2D eigenvalue weighted by Gasteiger charge is 2.26. The fourth-order valence-corrected chi connectivity index (χ4v) is 2.07. The van der Waals surface area contributed by atoms with Crippen LogP contribution in [0.3, 0.4) is 0 Å². The third kappa shape index (κ3) is 3.76. The molecule has 3 nitrogen and oxygen atoms in total. The standard InChI is InChI=1S/C15H23NO2/c1-11(2)16(12(3)4)15(17)13(5)18-14-9-7-6-8-10-14/h6-13H,1-5H3. The van der Waals surface area contributed by atoms with Gasteiger partial charge in [0.1, 0.15) is 5.75 Å². The van der Waals surface area contributed by atoms with Crippen molar-refractivity contribution >= 4 is 5.91 Å². The zero-order chi connectivity index (χ0) is 13.7. The Labute approximate surface area is 110 Å². The minimum absolute atomic E-state index is 0.0313. The molecule has 0 aliphatic carbocycles. The molecule has 0 heterocycles. The lowest BCUT2D eigenvalue weighted by Gasteiger charge is -2.33. The van der Waals surface area contributed by atoms with E-state index in [-0.39, 0.29) is 18.0 Å². The Hall–Kier alpha value is -1.51. The number of rotatable bonds is 5. The number of carbonyl (C=O) groups excluding carboxylic acids is 1. The number of hydrogen-bond donors (Lipinski definition) is 0. The van der Waals surface area contributed by atoms with Gasteiger partial charge in [0, 0.05) is 12.1 Å². The fraction of sp³-hybridized carbons (Fsp3) is 0.533. The third-order valence-electron chi connectivity index (χ3n) is 2.77. The highest BCUT2D eigenvalue weighted by molar-refractivity contribution is 5.81. The van der Waals surface area contributed by atoms with Crippen LogP contribution in [0.4, 0.5) is 0 Å². The van der Waals surface area contributed by atoms with Crippen LogP contribution >= 0.6 is 0 Å². The lowest BCUT2D eigenvalue weighted by atomic mass is 10.2. The second-order valence-corrected chi connectivity index (χ2v) is 5.01. The number of amides is 1. The molecule has 1 aromatic carbocycles. The minimum atomic E-state index is -0.461. The van der Waals surface area contributed by atoms with E-state index >= 15 is 0 Å². The van der Waals surface area contributed by atoms with Gasteiger partial charge in [-0.2, -0.15) is 0 Å². The van der Waals surface area contributed by atoms with E-state index in [9.17, 15) is 4.79 Å². The summed E-state index contributed by atoms with van der Waals surface area (Å²) < 4.78 is 5.67. The van der Waals surface area contributed by atoms with E-state index in [0.717, 1.165) is 5.75 Å². The SMILES string of the molecule is CC(Oc1ccccc1)C(=O)N(C(C)C)C(C)C. The van der Waals surface area contributed by atoms with Crippen molar-refractivity contribution in [1.29, 1.82) is 0 Å². The molecule has 3 heteroatoms. The van der Waals surface area contributed by atoms with E-state index in [1.807, 2.05) is 62.9 Å². The number of benzene rings is 1. The molecule has 0 N–H and O–H groups in total. The highest BCUT2D eigenvalue weighted by atomic mass is 16.5. The summed E-state index contributed by atoms with van der Waals surface area (Å²) in [6.07, 6.45) is -0.461. The highest BCUT2D eigenvalue weighted by Crippen LogP contribution is 2.14. The van der Waals surface area contributed by atoms with Crippen molar-refractivity contribution in [2.45, 2.75) is 52.8 Å². The predicted octanol–water partition coefficient (Wildman–Crippen LogP) is 3.10. The second kappa shape index (κ2) is 6.43. The van der Waals surface area contributed by atoms with Crippen LogP contribution in [0.1, 0.15) is 34.6 Å². The zero-order valence-corrected chi connectivity index (χ0v) is 11.9. The van der Waals surface area contributed by atoms with Gasteiger partial charge in [0.25, 0.3) is 5.91 Å². The molecule has 0 saturated carbocycles. The molecule has 18 heavy (non-hydrogen) atoms. The molecular weight excluding hydrogens is 226 g/mol. The van der Waals surface area contributed by atoms with Crippen LogP contribution in [0.2, 0.25) is 0 Å².